The molecule has 0 bridgehead atoms. The molecule has 94 valence electrons. The predicted molar refractivity (Wildman–Crippen MR) is 69.0 cm³/mol. The number of nitrogens with two attached hydrogens (primary N) is 1. The monoisotopic (exact) mass is 253 g/mol. The van der Waals surface area contributed by atoms with Gasteiger partial charge in [-0.2, -0.15) is 0 Å². The first-order valence-electron chi connectivity index (χ1n) is 5.97. The molecular formula is C13H19NO2S. The minimum Gasteiger partial charge on any atom is -0.469 e. The highest BCUT2D eigenvalue weighted by atomic mass is 32.1. The molecule has 1 saturated carbocycles. The molecule has 4 heteroatoms. The van der Waals surface area contributed by atoms with Crippen LogP contribution in [0.5, 0.6) is 0 Å². The van der Waals surface area contributed by atoms with Crippen LogP contribution in [0, 0.1) is 5.92 Å². The Morgan fingerprint density at radius 1 is 1.71 bits per heavy atom. The van der Waals surface area contributed by atoms with Crippen LogP contribution in [0.2, 0.25) is 0 Å². The second kappa shape index (κ2) is 4.78. The number of methoxy groups -OCH3 is 1. The molecular weight excluding hydrogens is 234 g/mol. The van der Waals surface area contributed by atoms with Crippen molar-refractivity contribution in [1.82, 2.24) is 0 Å². The highest BCUT2D eigenvalue weighted by Gasteiger charge is 2.51. The van der Waals surface area contributed by atoms with Gasteiger partial charge in [-0.05, 0) is 37.1 Å². The Bertz CT molecular complexity index is 380. The fourth-order valence-electron chi connectivity index (χ4n) is 2.64. The lowest BCUT2D eigenvalue weighted by Gasteiger charge is -2.36. The quantitative estimate of drug-likeness (QED) is 0.819. The zero-order chi connectivity index (χ0) is 12.5. The summed E-state index contributed by atoms with van der Waals surface area (Å²) in [6, 6.07) is 4.08. The van der Waals surface area contributed by atoms with E-state index in [9.17, 15) is 4.79 Å². The van der Waals surface area contributed by atoms with Crippen LogP contribution in [0.25, 0.3) is 0 Å². The summed E-state index contributed by atoms with van der Waals surface area (Å²) in [5.41, 5.74) is 5.98. The molecule has 1 aliphatic carbocycles. The number of hydrogen-bond donors (Lipinski definition) is 1. The van der Waals surface area contributed by atoms with Gasteiger partial charge in [0.15, 0.2) is 0 Å². The summed E-state index contributed by atoms with van der Waals surface area (Å²) in [5.74, 6) is 0.364. The molecule has 1 fully saturated rings. The summed E-state index contributed by atoms with van der Waals surface area (Å²) >= 11 is 1.69. The van der Waals surface area contributed by atoms with E-state index in [0.29, 0.717) is 12.3 Å². The molecule has 1 aliphatic rings. The lowest BCUT2D eigenvalue weighted by Crippen LogP contribution is -2.46. The lowest BCUT2D eigenvalue weighted by molar-refractivity contribution is -0.142. The Hall–Kier alpha value is -0.870. The van der Waals surface area contributed by atoms with Crippen LogP contribution in [-0.2, 0) is 14.9 Å². The van der Waals surface area contributed by atoms with E-state index in [-0.39, 0.29) is 17.4 Å². The molecule has 0 spiro atoms. The van der Waals surface area contributed by atoms with Gasteiger partial charge in [-0.15, -0.1) is 11.3 Å². The third-order valence-corrected chi connectivity index (χ3v) is 4.83. The normalized spacial score (nSPS) is 20.6. The average Bonchev–Trinajstić information content (AvgIpc) is 3.00. The number of hydrogen-bond acceptors (Lipinski definition) is 4. The molecule has 1 aromatic rings. The molecule has 0 aliphatic heterocycles. The first kappa shape index (κ1) is 12.6. The Labute approximate surface area is 106 Å². The minimum absolute atomic E-state index is 0.0345. The minimum atomic E-state index is -0.221. The lowest BCUT2D eigenvalue weighted by atomic mass is 9.72. The van der Waals surface area contributed by atoms with Gasteiger partial charge >= 0.3 is 5.97 Å². The van der Waals surface area contributed by atoms with Crippen LogP contribution in [-0.4, -0.2) is 19.1 Å². The van der Waals surface area contributed by atoms with Crippen molar-refractivity contribution in [3.8, 4) is 0 Å². The van der Waals surface area contributed by atoms with Crippen LogP contribution in [0.15, 0.2) is 17.5 Å². The van der Waals surface area contributed by atoms with Gasteiger partial charge in [0.1, 0.15) is 0 Å². The van der Waals surface area contributed by atoms with Crippen molar-refractivity contribution in [1.29, 1.82) is 0 Å². The van der Waals surface area contributed by atoms with E-state index >= 15 is 0 Å². The van der Waals surface area contributed by atoms with E-state index < -0.39 is 0 Å². The molecule has 0 aromatic carbocycles. The zero-order valence-corrected chi connectivity index (χ0v) is 11.1. The van der Waals surface area contributed by atoms with Crippen molar-refractivity contribution in [2.45, 2.75) is 37.6 Å². The standard InChI is InChI=1S/C13H19NO2S/c1-9(14)13(10-5-6-10,8-12(15)16-2)11-4-3-7-17-11/h3-4,7,9-10H,5-6,8,14H2,1-2H3. The summed E-state index contributed by atoms with van der Waals surface area (Å²) in [6.07, 6.45) is 2.72. The molecule has 0 saturated heterocycles. The summed E-state index contributed by atoms with van der Waals surface area (Å²) in [7, 11) is 1.44. The second-order valence-electron chi connectivity index (χ2n) is 4.83. The number of esters is 1. The summed E-state index contributed by atoms with van der Waals surface area (Å²) in [4.78, 5) is 12.9. The highest BCUT2D eigenvalue weighted by Crippen LogP contribution is 2.52. The summed E-state index contributed by atoms with van der Waals surface area (Å²) in [5, 5.41) is 2.05. The third-order valence-electron chi connectivity index (χ3n) is 3.76. The van der Waals surface area contributed by atoms with Crippen LogP contribution >= 0.6 is 11.3 Å². The van der Waals surface area contributed by atoms with Crippen molar-refractivity contribution in [2.75, 3.05) is 7.11 Å². The van der Waals surface area contributed by atoms with Gasteiger partial charge < -0.3 is 10.5 Å². The second-order valence-corrected chi connectivity index (χ2v) is 5.78. The molecule has 2 rings (SSSR count). The van der Waals surface area contributed by atoms with Crippen LogP contribution in [0.1, 0.15) is 31.1 Å². The van der Waals surface area contributed by atoms with Gasteiger partial charge in [-0.25, -0.2) is 0 Å². The van der Waals surface area contributed by atoms with E-state index in [1.165, 1.54) is 12.0 Å². The van der Waals surface area contributed by atoms with Gasteiger partial charge in [0.05, 0.1) is 13.5 Å². The fraction of sp³-hybridized carbons (Fsp3) is 0.615. The number of thiophene rings is 1. The van der Waals surface area contributed by atoms with Crippen LogP contribution in [0.4, 0.5) is 0 Å². The predicted octanol–water partition coefficient (Wildman–Crippen LogP) is 2.31. The van der Waals surface area contributed by atoms with Gasteiger partial charge in [-0.3, -0.25) is 4.79 Å². The van der Waals surface area contributed by atoms with Crippen molar-refractivity contribution >= 4 is 17.3 Å². The van der Waals surface area contributed by atoms with Gasteiger partial charge in [0, 0.05) is 16.3 Å². The molecule has 17 heavy (non-hydrogen) atoms. The topological polar surface area (TPSA) is 52.3 Å². The van der Waals surface area contributed by atoms with Crippen molar-refractivity contribution in [2.24, 2.45) is 11.7 Å². The van der Waals surface area contributed by atoms with Gasteiger partial charge in [0.2, 0.25) is 0 Å². The van der Waals surface area contributed by atoms with Crippen molar-refractivity contribution in [3.05, 3.63) is 22.4 Å². The van der Waals surface area contributed by atoms with Crippen molar-refractivity contribution in [3.63, 3.8) is 0 Å². The highest BCUT2D eigenvalue weighted by molar-refractivity contribution is 7.10. The number of carbonyl (C=O) groups excluding carboxylic acids is 1. The maximum Gasteiger partial charge on any atom is 0.306 e. The SMILES string of the molecule is COC(=O)CC(c1cccs1)(C(C)N)C1CC1. The zero-order valence-electron chi connectivity index (χ0n) is 10.3. The largest absolute Gasteiger partial charge is 0.469 e. The molecule has 2 unspecified atom stereocenters. The van der Waals surface area contributed by atoms with Crippen LogP contribution in [0.3, 0.4) is 0 Å². The molecule has 1 aromatic heterocycles. The maximum absolute atomic E-state index is 11.7. The fourth-order valence-corrected chi connectivity index (χ4v) is 3.75. The van der Waals surface area contributed by atoms with E-state index in [1.54, 1.807) is 11.3 Å². The first-order valence-corrected chi connectivity index (χ1v) is 6.85. The molecule has 0 amide bonds. The Morgan fingerprint density at radius 2 is 2.41 bits per heavy atom. The third kappa shape index (κ3) is 2.24. The van der Waals surface area contributed by atoms with E-state index in [4.69, 9.17) is 10.5 Å². The molecule has 2 atom stereocenters. The first-order chi connectivity index (χ1) is 8.11. The number of carbonyl (C=O) groups is 1. The molecule has 0 radical (unpaired) electrons. The van der Waals surface area contributed by atoms with E-state index in [1.807, 2.05) is 18.4 Å². The van der Waals surface area contributed by atoms with Gasteiger partial charge in [-0.1, -0.05) is 6.07 Å². The summed E-state index contributed by atoms with van der Waals surface area (Å²) in [6.45, 7) is 2.00. The Balaban J connectivity index is 2.36. The van der Waals surface area contributed by atoms with E-state index in [0.717, 1.165) is 12.8 Å². The smallest absolute Gasteiger partial charge is 0.306 e. The Kier molecular flexibility index (Phi) is 3.54. The van der Waals surface area contributed by atoms with E-state index in [2.05, 4.69) is 6.07 Å². The number of ether oxygens (including phenoxy) is 1. The maximum atomic E-state index is 11.7. The van der Waals surface area contributed by atoms with Crippen molar-refractivity contribution < 1.29 is 9.53 Å². The Morgan fingerprint density at radius 3 is 2.82 bits per heavy atom. The number of rotatable bonds is 5. The molecule has 1 heterocycles. The van der Waals surface area contributed by atoms with Gasteiger partial charge in [0.25, 0.3) is 0 Å². The average molecular weight is 253 g/mol. The summed E-state index contributed by atoms with van der Waals surface area (Å²) < 4.78 is 4.84. The molecule has 3 nitrogen and oxygen atoms in total. The van der Waals surface area contributed by atoms with Crippen LogP contribution < -0.4 is 5.73 Å². The molecule has 2 N–H and O–H groups in total.